The first kappa shape index (κ1) is 37.2. The predicted molar refractivity (Wildman–Crippen MR) is 204 cm³/mol. The molecule has 0 atom stereocenters. The molecule has 0 fully saturated rings. The lowest BCUT2D eigenvalue weighted by atomic mass is 9.66. The van der Waals surface area contributed by atoms with Crippen LogP contribution in [0.4, 0.5) is 0 Å². The maximum atomic E-state index is 11.6. The molecule has 51 heavy (non-hydrogen) atoms. The topological polar surface area (TPSA) is 71.1 Å². The van der Waals surface area contributed by atoms with Crippen LogP contribution in [-0.4, -0.2) is 38.4 Å². The molecule has 0 radical (unpaired) electrons. The summed E-state index contributed by atoms with van der Waals surface area (Å²) in [6.45, 7) is 13.9. The molecule has 0 spiro atoms. The van der Waals surface area contributed by atoms with Gasteiger partial charge < -0.3 is 18.9 Å². The van der Waals surface area contributed by atoms with Gasteiger partial charge in [0.25, 0.3) is 0 Å². The van der Waals surface area contributed by atoms with E-state index in [1.165, 1.54) is 45.5 Å². The second kappa shape index (κ2) is 17.2. The van der Waals surface area contributed by atoms with Crippen molar-refractivity contribution in [1.29, 1.82) is 0 Å². The fraction of sp³-hybridized carbons (Fsp3) is 0.333. The molecule has 0 aliphatic heterocycles. The van der Waals surface area contributed by atoms with Crippen LogP contribution in [0.3, 0.4) is 0 Å². The van der Waals surface area contributed by atoms with Gasteiger partial charge in [0.05, 0.1) is 31.8 Å². The number of benzene rings is 4. The van der Waals surface area contributed by atoms with E-state index in [0.29, 0.717) is 26.4 Å². The van der Waals surface area contributed by atoms with Crippen LogP contribution in [0.15, 0.2) is 97.1 Å². The van der Waals surface area contributed by atoms with Crippen LogP contribution in [-0.2, 0) is 24.5 Å². The molecule has 4 aromatic rings. The van der Waals surface area contributed by atoms with Crippen molar-refractivity contribution in [2.75, 3.05) is 26.4 Å². The number of aryl methyl sites for hydroxylation is 4. The molecular weight excluding hydrogens is 636 g/mol. The first-order valence-electron chi connectivity index (χ1n) is 18.0. The Kier molecular flexibility index (Phi) is 12.5. The maximum absolute atomic E-state index is 11.6. The van der Waals surface area contributed by atoms with Gasteiger partial charge in [-0.25, -0.2) is 9.59 Å². The maximum Gasteiger partial charge on any atom is 0.330 e. The summed E-state index contributed by atoms with van der Waals surface area (Å²) in [7, 11) is 0. The quantitative estimate of drug-likeness (QED) is 0.0585. The van der Waals surface area contributed by atoms with Gasteiger partial charge in [-0.3, -0.25) is 0 Å². The second-order valence-corrected chi connectivity index (χ2v) is 13.2. The molecule has 0 unspecified atom stereocenters. The summed E-state index contributed by atoms with van der Waals surface area (Å²) in [6.07, 6.45) is 9.26. The average Bonchev–Trinajstić information content (AvgIpc) is 3.41. The third-order valence-corrected chi connectivity index (χ3v) is 9.40. The van der Waals surface area contributed by atoms with Gasteiger partial charge in [-0.1, -0.05) is 84.9 Å². The van der Waals surface area contributed by atoms with Crippen LogP contribution >= 0.6 is 0 Å². The summed E-state index contributed by atoms with van der Waals surface area (Å²) in [5, 5.41) is 0. The lowest BCUT2D eigenvalue weighted by Crippen LogP contribution is -2.29. The van der Waals surface area contributed by atoms with E-state index in [-0.39, 0.29) is 11.9 Å². The van der Waals surface area contributed by atoms with E-state index in [1.807, 2.05) is 0 Å². The van der Waals surface area contributed by atoms with Crippen molar-refractivity contribution in [3.8, 4) is 22.6 Å². The van der Waals surface area contributed by atoms with Crippen molar-refractivity contribution in [1.82, 2.24) is 0 Å². The lowest BCUT2D eigenvalue weighted by Gasteiger charge is -2.35. The van der Waals surface area contributed by atoms with Gasteiger partial charge in [0.2, 0.25) is 0 Å². The van der Waals surface area contributed by atoms with Crippen molar-refractivity contribution in [3.05, 3.63) is 142 Å². The third-order valence-electron chi connectivity index (χ3n) is 9.40. The number of unbranched alkanes of at least 4 members (excludes halogenated alkanes) is 2. The van der Waals surface area contributed by atoms with Crippen LogP contribution in [0, 0.1) is 27.7 Å². The monoisotopic (exact) mass is 686 g/mol. The van der Waals surface area contributed by atoms with E-state index < -0.39 is 5.41 Å². The van der Waals surface area contributed by atoms with E-state index in [2.05, 4.69) is 100 Å². The highest BCUT2D eigenvalue weighted by atomic mass is 16.5. The Bertz CT molecular complexity index is 1730. The number of rotatable bonds is 16. The third kappa shape index (κ3) is 8.12. The van der Waals surface area contributed by atoms with Crippen LogP contribution < -0.4 is 9.47 Å². The molecule has 4 aromatic carbocycles. The zero-order chi connectivity index (χ0) is 36.4. The Labute approximate surface area is 303 Å². The van der Waals surface area contributed by atoms with Crippen LogP contribution in [0.25, 0.3) is 11.1 Å². The first-order chi connectivity index (χ1) is 24.7. The minimum absolute atomic E-state index is 0.311. The van der Waals surface area contributed by atoms with Gasteiger partial charge in [-0.15, -0.1) is 0 Å². The molecule has 0 aromatic heterocycles. The molecule has 266 valence electrons. The van der Waals surface area contributed by atoms with Crippen molar-refractivity contribution in [2.45, 2.75) is 72.6 Å². The largest absolute Gasteiger partial charge is 0.493 e. The molecule has 0 saturated heterocycles. The standard InChI is InChI=1S/C45H50O6/c1-7-17-41(46)48-23-13-15-25-50-43-31(3)27-35(28-32(43)4)45(39-21-11-9-19-37(39)38-20-10-12-22-40(38)45)36-29-33(5)44(34(6)30-36)51-26-16-14-24-49-42(47)18-8-2/h7-12,17-22,27-30H,13-16,23-26H2,1-6H3. The Morgan fingerprint density at radius 3 is 1.27 bits per heavy atom. The molecule has 0 heterocycles. The lowest BCUT2D eigenvalue weighted by molar-refractivity contribution is -0.138. The highest BCUT2D eigenvalue weighted by Crippen LogP contribution is 2.57. The van der Waals surface area contributed by atoms with Crippen molar-refractivity contribution in [3.63, 3.8) is 0 Å². The number of allylic oxidation sites excluding steroid dienone is 2. The highest BCUT2D eigenvalue weighted by molar-refractivity contribution is 5.86. The molecule has 5 rings (SSSR count). The van der Waals surface area contributed by atoms with E-state index in [9.17, 15) is 9.59 Å². The van der Waals surface area contributed by atoms with Crippen LogP contribution in [0.2, 0.25) is 0 Å². The second-order valence-electron chi connectivity index (χ2n) is 13.2. The molecule has 0 amide bonds. The summed E-state index contributed by atoms with van der Waals surface area (Å²) < 4.78 is 23.2. The SMILES string of the molecule is CC=CC(=O)OCCCCOc1c(C)cc(C2(c3cc(C)c(OCCCCOC(=O)C=CC)c(C)c3)c3ccccc3-c3ccccc32)cc1C. The van der Waals surface area contributed by atoms with Crippen molar-refractivity contribution in [2.24, 2.45) is 0 Å². The normalized spacial score (nSPS) is 12.9. The Hall–Kier alpha value is -5.10. The Morgan fingerprint density at radius 1 is 0.549 bits per heavy atom. The van der Waals surface area contributed by atoms with E-state index in [4.69, 9.17) is 18.9 Å². The molecule has 0 bridgehead atoms. The minimum atomic E-state index is -0.553. The number of esters is 2. The number of hydrogen-bond acceptors (Lipinski definition) is 6. The summed E-state index contributed by atoms with van der Waals surface area (Å²) in [5.74, 6) is 1.17. The molecule has 0 saturated carbocycles. The van der Waals surface area contributed by atoms with Crippen LogP contribution in [0.5, 0.6) is 11.5 Å². The van der Waals surface area contributed by atoms with E-state index in [0.717, 1.165) is 59.4 Å². The van der Waals surface area contributed by atoms with Gasteiger partial charge in [0.15, 0.2) is 0 Å². The van der Waals surface area contributed by atoms with Gasteiger partial charge in [-0.05, 0) is 123 Å². The molecular formula is C45H50O6. The van der Waals surface area contributed by atoms with Crippen molar-refractivity contribution >= 4 is 11.9 Å². The highest BCUT2D eigenvalue weighted by Gasteiger charge is 2.46. The number of fused-ring (bicyclic) bond motifs is 3. The molecule has 0 N–H and O–H groups in total. The van der Waals surface area contributed by atoms with Gasteiger partial charge in [0.1, 0.15) is 11.5 Å². The summed E-state index contributed by atoms with van der Waals surface area (Å²) in [6, 6.07) is 26.7. The molecule has 1 aliphatic carbocycles. The van der Waals surface area contributed by atoms with Crippen molar-refractivity contribution < 1.29 is 28.5 Å². The molecule has 6 nitrogen and oxygen atoms in total. The average molecular weight is 687 g/mol. The van der Waals surface area contributed by atoms with E-state index >= 15 is 0 Å². The number of carbonyl (C=O) groups is 2. The smallest absolute Gasteiger partial charge is 0.330 e. The predicted octanol–water partition coefficient (Wildman–Crippen LogP) is 9.84. The first-order valence-corrected chi connectivity index (χ1v) is 18.0. The van der Waals surface area contributed by atoms with Gasteiger partial charge in [0, 0.05) is 12.2 Å². The van der Waals surface area contributed by atoms with Crippen LogP contribution in [0.1, 0.15) is 84.0 Å². The number of ether oxygens (including phenoxy) is 4. The zero-order valence-corrected chi connectivity index (χ0v) is 30.8. The Morgan fingerprint density at radius 2 is 0.902 bits per heavy atom. The minimum Gasteiger partial charge on any atom is -0.493 e. The molecule has 1 aliphatic rings. The fourth-order valence-corrected chi connectivity index (χ4v) is 7.28. The summed E-state index contributed by atoms with van der Waals surface area (Å²) in [4.78, 5) is 23.2. The van der Waals surface area contributed by atoms with E-state index in [1.54, 1.807) is 26.0 Å². The summed E-state index contributed by atoms with van der Waals surface area (Å²) >= 11 is 0. The fourth-order valence-electron chi connectivity index (χ4n) is 7.28. The molecule has 6 heteroatoms. The number of hydrogen-bond donors (Lipinski definition) is 0. The van der Waals surface area contributed by atoms with Gasteiger partial charge in [-0.2, -0.15) is 0 Å². The zero-order valence-electron chi connectivity index (χ0n) is 30.8. The Balaban J connectivity index is 1.45. The van der Waals surface area contributed by atoms with Gasteiger partial charge >= 0.3 is 11.9 Å². The summed E-state index contributed by atoms with van der Waals surface area (Å²) in [5.41, 5.74) is 11.1. The number of carbonyl (C=O) groups excluding carboxylic acids is 2.